The molecule has 2 aliphatic heterocycles. The lowest BCUT2D eigenvalue weighted by Crippen LogP contribution is -2.61. The second kappa shape index (κ2) is 53.2. The highest BCUT2D eigenvalue weighted by molar-refractivity contribution is 8.00. The molecule has 0 saturated carbocycles. The number of hydrogen-bond donors (Lipinski definition) is 19. The first-order valence-corrected chi connectivity index (χ1v) is 46.6. The van der Waals surface area contributed by atoms with Crippen molar-refractivity contribution in [1.82, 2.24) is 103 Å². The highest BCUT2D eigenvalue weighted by atomic mass is 32.2. The fourth-order valence-corrected chi connectivity index (χ4v) is 17.1. The first kappa shape index (κ1) is 107. The van der Waals surface area contributed by atoms with Crippen LogP contribution < -0.4 is 75.7 Å². The van der Waals surface area contributed by atoms with Gasteiger partial charge in [-0.1, -0.05) is 106 Å². The first-order chi connectivity index (χ1) is 64.9. The minimum Gasteiger partial charge on any atom is -0.394 e. The number of nitrogens with zero attached hydrogens (tertiary/aromatic N) is 6. The summed E-state index contributed by atoms with van der Waals surface area (Å²) >= 11 is 0.790. The number of thioether (sulfide) groups is 1. The topological polar surface area (TPSA) is 621 Å². The molecule has 3 aromatic heterocycles. The molecular formula is C93H130N24O18S. The number of H-pyrrole nitrogens is 3. The van der Waals surface area contributed by atoms with Crippen molar-refractivity contribution in [2.24, 2.45) is 23.1 Å². The van der Waals surface area contributed by atoms with Crippen LogP contribution in [0, 0.1) is 11.3 Å². The van der Waals surface area contributed by atoms with Crippen LogP contribution in [0.2, 0.25) is 0 Å². The van der Waals surface area contributed by atoms with E-state index < -0.39 is 223 Å². The van der Waals surface area contributed by atoms with E-state index in [1.165, 1.54) is 47.6 Å². The standard InChI is InChI=1S/C93H130N24O18S/c1-10-12-14-19-34-73-86(129)106-64(33-25-37-99-93(96)97)82(125)112-72(81(124)102-48-77(95)120)51-136-52-79(122)105-68(40-56-27-17-16-18-28-56)89(132)114(7)55(5)80(123)108-70(44-76(94)119)91(134)117-38-26-36-74(117)87(130)107-66(43-59-47-98-53-103-59)84(127)109-67(39-54(3)4)88(131)113(6)49-78(121)104-65(41-57-45-100-62-31-23-21-29-60(57)62)83(126)111-71(50-118)85(128)110-69(42-58-46-101-63-32-24-22-30-61(58)63)90(133)116(9)75(92(135)115(73)8)35-20-15-13-11-2/h10-11,16-18,21-24,27-32,45-47,53-55,64-75,100-101,118H,1-2,12-15,19-20,25-26,33-44,48-52H2,3-9H3,(H2,94,119)(H2,95,120)(H,98,103)(H,102,124)(H,104,121)(H,105,122)(H,106,129)(H,107,130)(H,108,123)(H,109,127)(H,110,128)(H,111,126)(H,112,125)(H4,96,97,99)/t55-,64-,65-,66-,67-,68-,69-,70-,71-,72-,73-,74-,75-/m0/s1. The summed E-state index contributed by atoms with van der Waals surface area (Å²) in [6, 6.07) is 2.64. The molecule has 17 amide bonds. The molecule has 6 aromatic rings. The van der Waals surface area contributed by atoms with Crippen LogP contribution in [0.5, 0.6) is 0 Å². The smallest absolute Gasteiger partial charge is 0.246 e. The van der Waals surface area contributed by atoms with Gasteiger partial charge in [-0.3, -0.25) is 86.9 Å². The molecule has 8 rings (SSSR count). The maximum absolute atomic E-state index is 15.9. The number of carbonyl (C=O) groups excluding carboxylic acids is 17. The number of imidazole rings is 1. The Balaban J connectivity index is 1.20. The van der Waals surface area contributed by atoms with Gasteiger partial charge in [-0.15, -0.1) is 24.9 Å². The zero-order valence-electron chi connectivity index (χ0n) is 77.9. The van der Waals surface area contributed by atoms with Gasteiger partial charge in [0.1, 0.15) is 78.5 Å². The van der Waals surface area contributed by atoms with E-state index in [1.807, 2.05) is 0 Å². The Morgan fingerprint density at radius 2 is 1.08 bits per heavy atom. The normalized spacial score (nSPS) is 23.1. The molecule has 2 fully saturated rings. The van der Waals surface area contributed by atoms with Gasteiger partial charge in [0.2, 0.25) is 100 Å². The zero-order valence-corrected chi connectivity index (χ0v) is 78.7. The van der Waals surface area contributed by atoms with Gasteiger partial charge in [0.15, 0.2) is 5.96 Å². The van der Waals surface area contributed by atoms with E-state index in [-0.39, 0.29) is 89.6 Å². The molecular weight excluding hydrogens is 1770 g/mol. The van der Waals surface area contributed by atoms with Crippen LogP contribution in [0.4, 0.5) is 0 Å². The average molecular weight is 1900 g/mol. The third kappa shape index (κ3) is 31.8. The Kier molecular flexibility index (Phi) is 42.0. The SMILES string of the molecule is C=CCCCC[C@H]1C(=O)N(C)[C@@H](CCCCC=C)C(=O)N[C@@H](CCCNC(=N)N)C(=O)N[C@H](C(=O)NCC(N)=O)CSCC(=O)N[C@@H](Cc2ccccc2)C(=O)N(C)[C@@H](C)C(=O)N[C@@H](CC(N)=O)C(=O)N2CCC[C@H]2C(=O)N[C@@H](Cc2cnc[nH]2)C(=O)N[C@@H](CC(C)C)C(=O)N(C)CC(=O)N[C@@H](Cc2c[nH]c3ccccc23)C(=O)N[C@@H](CO)C(=O)N[C@@H](Cc2c[nH]c3ccccc23)C(=O)N1C. The molecule has 0 spiro atoms. The number of primary amides is 2. The van der Waals surface area contributed by atoms with Crippen LogP contribution in [0.25, 0.3) is 21.8 Å². The second-order valence-electron chi connectivity index (χ2n) is 34.5. The van der Waals surface area contributed by atoms with E-state index in [0.29, 0.717) is 82.7 Å². The minimum atomic E-state index is -1.87. The van der Waals surface area contributed by atoms with Gasteiger partial charge in [-0.05, 0) is 112 Å². The summed E-state index contributed by atoms with van der Waals surface area (Å²) in [5.41, 5.74) is 20.1. The van der Waals surface area contributed by atoms with Crippen molar-refractivity contribution in [1.29, 1.82) is 5.41 Å². The molecule has 13 atom stereocenters. The predicted octanol–water partition coefficient (Wildman–Crippen LogP) is -1.03. The van der Waals surface area contributed by atoms with E-state index in [0.717, 1.165) is 36.3 Å². The summed E-state index contributed by atoms with van der Waals surface area (Å²) in [5, 5.41) is 49.6. The number of guanidine groups is 1. The highest BCUT2D eigenvalue weighted by Gasteiger charge is 2.44. The van der Waals surface area contributed by atoms with Gasteiger partial charge < -0.3 is 120 Å². The van der Waals surface area contributed by atoms with Crippen LogP contribution >= 0.6 is 11.8 Å². The van der Waals surface area contributed by atoms with Gasteiger partial charge >= 0.3 is 0 Å². The molecule has 0 radical (unpaired) electrons. The van der Waals surface area contributed by atoms with E-state index >= 15 is 28.8 Å². The summed E-state index contributed by atoms with van der Waals surface area (Å²) in [6.07, 6.45) is 9.98. The van der Waals surface area contributed by atoms with Gasteiger partial charge in [-0.2, -0.15) is 0 Å². The molecule has 22 N–H and O–H groups in total. The summed E-state index contributed by atoms with van der Waals surface area (Å²) < 4.78 is 0. The fourth-order valence-electron chi connectivity index (χ4n) is 16.3. The predicted molar refractivity (Wildman–Crippen MR) is 508 cm³/mol. The highest BCUT2D eigenvalue weighted by Crippen LogP contribution is 2.27. The van der Waals surface area contributed by atoms with Crippen molar-refractivity contribution in [3.8, 4) is 0 Å². The zero-order chi connectivity index (χ0) is 99.4. The number of amides is 17. The number of aromatic nitrogens is 4. The van der Waals surface area contributed by atoms with Crippen LogP contribution in [0.15, 0.2) is 129 Å². The Morgan fingerprint density at radius 3 is 1.68 bits per heavy atom. The van der Waals surface area contributed by atoms with Crippen molar-refractivity contribution in [3.63, 3.8) is 0 Å². The van der Waals surface area contributed by atoms with E-state index in [2.05, 4.69) is 91.6 Å². The maximum atomic E-state index is 15.9. The Hall–Kier alpha value is -14.0. The average Bonchev–Trinajstić information content (AvgIpc) is 1.44. The summed E-state index contributed by atoms with van der Waals surface area (Å²) in [7, 11) is 5.24. The number of aliphatic hydroxyl groups is 1. The van der Waals surface area contributed by atoms with Gasteiger partial charge in [0, 0.05) is 119 Å². The van der Waals surface area contributed by atoms with Gasteiger partial charge in [-0.25, -0.2) is 4.98 Å². The third-order valence-corrected chi connectivity index (χ3v) is 24.8. The number of aromatic amines is 3. The van der Waals surface area contributed by atoms with Crippen LogP contribution in [0.1, 0.15) is 133 Å². The molecule has 42 nitrogen and oxygen atoms in total. The van der Waals surface area contributed by atoms with Gasteiger partial charge in [0.05, 0.1) is 38.2 Å². The van der Waals surface area contributed by atoms with Gasteiger partial charge in [0.25, 0.3) is 0 Å². The molecule has 736 valence electrons. The lowest BCUT2D eigenvalue weighted by molar-refractivity contribution is -0.149. The summed E-state index contributed by atoms with van der Waals surface area (Å²) in [5.74, 6) is -17.3. The lowest BCUT2D eigenvalue weighted by Gasteiger charge is -2.36. The molecule has 0 unspecified atom stereocenters. The number of nitrogens with two attached hydrogens (primary N) is 3. The quantitative estimate of drug-likeness (QED) is 0.0111. The fraction of sp³-hybridized carbons (Fsp3) is 0.495. The third-order valence-electron chi connectivity index (χ3n) is 23.7. The molecule has 2 saturated heterocycles. The van der Waals surface area contributed by atoms with Crippen molar-refractivity contribution >= 4 is 140 Å². The summed E-state index contributed by atoms with van der Waals surface area (Å²) in [4.78, 5) is 268. The number of para-hydroxylation sites is 2. The monoisotopic (exact) mass is 1900 g/mol. The lowest BCUT2D eigenvalue weighted by atomic mass is 9.99. The number of hydrogen-bond acceptors (Lipinski definition) is 21. The number of carbonyl (C=O) groups is 17. The number of benzene rings is 3. The van der Waals surface area contributed by atoms with Crippen LogP contribution in [-0.2, 0) is 107 Å². The van der Waals surface area contributed by atoms with Crippen molar-refractivity contribution in [2.45, 2.75) is 215 Å². The minimum absolute atomic E-state index is 0.0111. The number of rotatable bonds is 30. The number of likely N-dealkylation sites (N-methyl/N-ethyl adjacent to an activating group) is 4. The van der Waals surface area contributed by atoms with E-state index in [1.54, 1.807) is 117 Å². The Morgan fingerprint density at radius 1 is 0.544 bits per heavy atom. The van der Waals surface area contributed by atoms with Crippen LogP contribution in [0.3, 0.4) is 0 Å². The molecule has 0 aliphatic carbocycles. The number of fused-ring (bicyclic) bond motifs is 3. The second-order valence-corrected chi connectivity index (χ2v) is 35.5. The number of unbranched alkanes of at least 4 members (excludes halogenated alkanes) is 4. The maximum Gasteiger partial charge on any atom is 0.246 e. The molecule has 43 heteroatoms. The van der Waals surface area contributed by atoms with E-state index in [4.69, 9.17) is 22.6 Å². The largest absolute Gasteiger partial charge is 0.394 e. The Bertz CT molecular complexity index is 5200. The van der Waals surface area contributed by atoms with E-state index in [9.17, 15) is 57.8 Å². The van der Waals surface area contributed by atoms with Crippen molar-refractivity contribution in [3.05, 3.63) is 151 Å². The molecule has 5 heterocycles. The molecule has 2 aliphatic rings. The number of nitrogens with one attached hydrogen (secondary N) is 15. The molecule has 0 bridgehead atoms. The molecule has 136 heavy (non-hydrogen) atoms. The Labute approximate surface area is 792 Å². The van der Waals surface area contributed by atoms with Crippen molar-refractivity contribution in [2.75, 3.05) is 72.5 Å². The van der Waals surface area contributed by atoms with Crippen LogP contribution in [-0.4, -0.2) is 307 Å². The molecule has 3 aromatic carbocycles. The summed E-state index contributed by atoms with van der Waals surface area (Å²) in [6.45, 7) is 9.88. The number of allylic oxidation sites excluding steroid dienone is 2. The van der Waals surface area contributed by atoms with Crippen molar-refractivity contribution < 1.29 is 86.6 Å². The first-order valence-electron chi connectivity index (χ1n) is 45.4. The number of aliphatic hydroxyl groups excluding tert-OH is 1.